The second kappa shape index (κ2) is 12.6. The van der Waals surface area contributed by atoms with E-state index in [4.69, 9.17) is 5.11 Å². The van der Waals surface area contributed by atoms with E-state index in [9.17, 15) is 4.39 Å². The summed E-state index contributed by atoms with van der Waals surface area (Å²) in [6.45, 7) is 5.23. The predicted octanol–water partition coefficient (Wildman–Crippen LogP) is 2.92. The van der Waals surface area contributed by atoms with Gasteiger partial charge >= 0.3 is 0 Å². The van der Waals surface area contributed by atoms with Crippen LogP contribution in [0.1, 0.15) is 46.5 Å². The molecule has 1 unspecified atom stereocenters. The molecule has 0 aromatic carbocycles. The molecule has 1 N–H and O–H groups in total. The molecular weight excluding hydrogens is 143 g/mol. The quantitative estimate of drug-likeness (QED) is 0.633. The molecule has 0 heterocycles. The number of hydrogen-bond donors (Lipinski definition) is 1. The smallest absolute Gasteiger partial charge is 0.115 e. The summed E-state index contributed by atoms with van der Waals surface area (Å²) >= 11 is 0. The molecule has 0 radical (unpaired) electrons. The molecule has 11 heavy (non-hydrogen) atoms. The van der Waals surface area contributed by atoms with Crippen LogP contribution in [0.2, 0.25) is 0 Å². The van der Waals surface area contributed by atoms with E-state index in [2.05, 4.69) is 13.8 Å². The minimum atomic E-state index is -0.782. The molecule has 1 atom stereocenters. The van der Waals surface area contributed by atoms with Gasteiger partial charge < -0.3 is 5.11 Å². The van der Waals surface area contributed by atoms with Gasteiger partial charge in [0.2, 0.25) is 0 Å². The lowest BCUT2D eigenvalue weighted by molar-refractivity contribution is 0.158. The zero-order valence-corrected chi connectivity index (χ0v) is 7.94. The highest BCUT2D eigenvalue weighted by atomic mass is 19.1. The fourth-order valence-corrected chi connectivity index (χ4v) is 0.500. The maximum Gasteiger partial charge on any atom is 0.115 e. The number of aliphatic hydroxyl groups is 1. The van der Waals surface area contributed by atoms with Gasteiger partial charge in [-0.15, -0.1) is 0 Å². The van der Waals surface area contributed by atoms with E-state index < -0.39 is 12.8 Å². The van der Waals surface area contributed by atoms with Crippen molar-refractivity contribution in [3.63, 3.8) is 0 Å². The Kier molecular flexibility index (Phi) is 15.4. The van der Waals surface area contributed by atoms with Crippen LogP contribution in [0.4, 0.5) is 4.39 Å². The van der Waals surface area contributed by atoms with Crippen LogP contribution in [0.15, 0.2) is 0 Å². The van der Waals surface area contributed by atoms with Crippen molar-refractivity contribution in [1.29, 1.82) is 0 Å². The molecule has 0 aliphatic rings. The van der Waals surface area contributed by atoms with Gasteiger partial charge in [-0.05, 0) is 6.92 Å². The van der Waals surface area contributed by atoms with Gasteiger partial charge in [0.1, 0.15) is 6.67 Å². The largest absolute Gasteiger partial charge is 0.391 e. The van der Waals surface area contributed by atoms with Crippen molar-refractivity contribution < 1.29 is 9.50 Å². The minimum Gasteiger partial charge on any atom is -0.391 e. The number of aliphatic hydroxyl groups excluding tert-OH is 1. The Morgan fingerprint density at radius 3 is 1.55 bits per heavy atom. The molecule has 0 amide bonds. The number of alkyl halides is 1. The summed E-state index contributed by atoms with van der Waals surface area (Å²) in [6.07, 6.45) is 4.75. The zero-order chi connectivity index (χ0) is 9.11. The normalized spacial score (nSPS) is 11.7. The molecule has 0 aromatic rings. The molecule has 0 rings (SSSR count). The highest BCUT2D eigenvalue weighted by Gasteiger charge is 1.85. The molecule has 0 bridgehead atoms. The van der Waals surface area contributed by atoms with Gasteiger partial charge in [-0.1, -0.05) is 39.5 Å². The molecule has 0 saturated heterocycles. The molecule has 0 saturated carbocycles. The highest BCUT2D eigenvalue weighted by molar-refractivity contribution is 4.34. The lowest BCUT2D eigenvalue weighted by Gasteiger charge is -1.87. The van der Waals surface area contributed by atoms with E-state index in [1.165, 1.54) is 32.6 Å². The van der Waals surface area contributed by atoms with Crippen LogP contribution in [0.25, 0.3) is 0 Å². The maximum absolute atomic E-state index is 10.9. The Balaban J connectivity index is 0. The lowest BCUT2D eigenvalue weighted by Crippen LogP contribution is -1.99. The third-order valence-corrected chi connectivity index (χ3v) is 1.18. The van der Waals surface area contributed by atoms with Crippen LogP contribution >= 0.6 is 0 Å². The SMILES string of the molecule is CC(O)CF.CCCCCC. The molecule has 0 fully saturated rings. The van der Waals surface area contributed by atoms with Gasteiger partial charge in [0.15, 0.2) is 0 Å². The van der Waals surface area contributed by atoms with Crippen molar-refractivity contribution in [2.24, 2.45) is 0 Å². The van der Waals surface area contributed by atoms with Gasteiger partial charge in [0.25, 0.3) is 0 Å². The second-order valence-corrected chi connectivity index (χ2v) is 2.71. The third-order valence-electron chi connectivity index (χ3n) is 1.18. The Labute approximate surface area is 69.6 Å². The molecule has 1 nitrogen and oxygen atoms in total. The van der Waals surface area contributed by atoms with E-state index >= 15 is 0 Å². The van der Waals surface area contributed by atoms with Crippen molar-refractivity contribution in [3.05, 3.63) is 0 Å². The van der Waals surface area contributed by atoms with Crippen LogP contribution in [0.5, 0.6) is 0 Å². The Morgan fingerprint density at radius 1 is 1.18 bits per heavy atom. The first-order valence-corrected chi connectivity index (χ1v) is 4.43. The standard InChI is InChI=1S/C6H14.C3H7FO/c1-3-5-6-4-2;1-3(5)2-4/h3-6H2,1-2H3;3,5H,2H2,1H3. The molecule has 70 valence electrons. The fraction of sp³-hybridized carbons (Fsp3) is 1.00. The molecule has 0 spiro atoms. The molecule has 2 heteroatoms. The van der Waals surface area contributed by atoms with E-state index in [1.54, 1.807) is 0 Å². The maximum atomic E-state index is 10.9. The summed E-state index contributed by atoms with van der Waals surface area (Å²) < 4.78 is 10.9. The van der Waals surface area contributed by atoms with Gasteiger partial charge in [0, 0.05) is 0 Å². The first-order chi connectivity index (χ1) is 5.18. The van der Waals surface area contributed by atoms with E-state index in [-0.39, 0.29) is 0 Å². The first kappa shape index (κ1) is 13.5. The van der Waals surface area contributed by atoms with Crippen molar-refractivity contribution >= 4 is 0 Å². The van der Waals surface area contributed by atoms with Crippen LogP contribution < -0.4 is 0 Å². The Morgan fingerprint density at radius 2 is 1.45 bits per heavy atom. The lowest BCUT2D eigenvalue weighted by atomic mass is 10.2. The van der Waals surface area contributed by atoms with E-state index in [1.807, 2.05) is 0 Å². The summed E-state index contributed by atoms with van der Waals surface area (Å²) in [6, 6.07) is 0. The van der Waals surface area contributed by atoms with Crippen molar-refractivity contribution in [2.45, 2.75) is 52.6 Å². The van der Waals surface area contributed by atoms with Crippen molar-refractivity contribution in [1.82, 2.24) is 0 Å². The first-order valence-electron chi connectivity index (χ1n) is 4.43. The van der Waals surface area contributed by atoms with Gasteiger partial charge in [-0.25, -0.2) is 4.39 Å². The fourth-order valence-electron chi connectivity index (χ4n) is 0.500. The van der Waals surface area contributed by atoms with Crippen LogP contribution in [-0.2, 0) is 0 Å². The molecular formula is C9H21FO. The average molecular weight is 164 g/mol. The van der Waals surface area contributed by atoms with Crippen LogP contribution in [0, 0.1) is 0 Å². The third kappa shape index (κ3) is 25.7. The van der Waals surface area contributed by atoms with Gasteiger partial charge in [0.05, 0.1) is 6.10 Å². The minimum absolute atomic E-state index is 0.639. The van der Waals surface area contributed by atoms with Crippen LogP contribution in [0.3, 0.4) is 0 Å². The van der Waals surface area contributed by atoms with Gasteiger partial charge in [-0.2, -0.15) is 0 Å². The van der Waals surface area contributed by atoms with E-state index in [0.717, 1.165) is 0 Å². The molecule has 0 aliphatic carbocycles. The Bertz CT molecular complexity index is 51.5. The molecule has 0 aromatic heterocycles. The summed E-state index contributed by atoms with van der Waals surface area (Å²) in [5.74, 6) is 0. The second-order valence-electron chi connectivity index (χ2n) is 2.71. The topological polar surface area (TPSA) is 20.2 Å². The summed E-state index contributed by atoms with van der Waals surface area (Å²) in [4.78, 5) is 0. The van der Waals surface area contributed by atoms with Crippen molar-refractivity contribution in [2.75, 3.05) is 6.67 Å². The van der Waals surface area contributed by atoms with Gasteiger partial charge in [-0.3, -0.25) is 0 Å². The summed E-state index contributed by atoms with van der Waals surface area (Å²) in [5, 5.41) is 7.99. The average Bonchev–Trinajstić information content (AvgIpc) is 2.02. The van der Waals surface area contributed by atoms with Crippen molar-refractivity contribution in [3.8, 4) is 0 Å². The number of hydrogen-bond acceptors (Lipinski definition) is 1. The van der Waals surface area contributed by atoms with Crippen LogP contribution in [-0.4, -0.2) is 17.9 Å². The summed E-state index contributed by atoms with van der Waals surface area (Å²) in [5.41, 5.74) is 0. The molecule has 0 aliphatic heterocycles. The zero-order valence-electron chi connectivity index (χ0n) is 7.94. The highest BCUT2D eigenvalue weighted by Crippen LogP contribution is 1.95. The Hall–Kier alpha value is -0.110. The number of unbranched alkanes of at least 4 members (excludes halogenated alkanes) is 3. The number of rotatable bonds is 4. The monoisotopic (exact) mass is 164 g/mol. The van der Waals surface area contributed by atoms with E-state index in [0.29, 0.717) is 0 Å². The summed E-state index contributed by atoms with van der Waals surface area (Å²) in [7, 11) is 0. The number of halogens is 1. The predicted molar refractivity (Wildman–Crippen MR) is 47.5 cm³/mol.